The van der Waals surface area contributed by atoms with Gasteiger partial charge in [-0.1, -0.05) is 11.6 Å². The molecule has 0 aliphatic rings. The van der Waals surface area contributed by atoms with Gasteiger partial charge >= 0.3 is 0 Å². The molecule has 122 valence electrons. The second-order valence-corrected chi connectivity index (χ2v) is 6.50. The van der Waals surface area contributed by atoms with Crippen LogP contribution in [-0.4, -0.2) is 10.4 Å². The highest BCUT2D eigenvalue weighted by Crippen LogP contribution is 2.22. The average molecular weight is 340 g/mol. The number of rotatable bonds is 4. The standard InChI is InChI=1S/C20H20ClN2O/c1-14-8-10-22(11-9-14)13-20(24)19-12-15(2)23(16(19)3)18-6-4-17(21)5-7-18/h4-12H,13H2,1-3H3/q+1. The fraction of sp³-hybridized carbons (Fsp3) is 0.200. The van der Waals surface area contributed by atoms with E-state index in [-0.39, 0.29) is 5.78 Å². The van der Waals surface area contributed by atoms with Crippen molar-refractivity contribution in [3.8, 4) is 5.69 Å². The average Bonchev–Trinajstić information content (AvgIpc) is 2.85. The molecule has 0 N–H and O–H groups in total. The van der Waals surface area contributed by atoms with Crippen LogP contribution in [0.5, 0.6) is 0 Å². The summed E-state index contributed by atoms with van der Waals surface area (Å²) < 4.78 is 3.99. The van der Waals surface area contributed by atoms with Crippen molar-refractivity contribution >= 4 is 17.4 Å². The number of benzene rings is 1. The van der Waals surface area contributed by atoms with Crippen LogP contribution >= 0.6 is 11.6 Å². The number of nitrogens with zero attached hydrogens (tertiary/aromatic N) is 2. The number of carbonyl (C=O) groups is 1. The third-order valence-corrected chi connectivity index (χ3v) is 4.45. The lowest BCUT2D eigenvalue weighted by atomic mass is 10.1. The second-order valence-electron chi connectivity index (χ2n) is 6.07. The Balaban J connectivity index is 1.92. The molecule has 1 aromatic carbocycles. The minimum atomic E-state index is 0.108. The predicted molar refractivity (Wildman–Crippen MR) is 96.0 cm³/mol. The molecular weight excluding hydrogens is 320 g/mol. The maximum absolute atomic E-state index is 12.7. The van der Waals surface area contributed by atoms with Crippen LogP contribution in [0, 0.1) is 20.8 Å². The first kappa shape index (κ1) is 16.5. The van der Waals surface area contributed by atoms with E-state index < -0.39 is 0 Å². The highest BCUT2D eigenvalue weighted by atomic mass is 35.5. The molecule has 3 nitrogen and oxygen atoms in total. The van der Waals surface area contributed by atoms with Gasteiger partial charge in [-0.05, 0) is 56.7 Å². The fourth-order valence-corrected chi connectivity index (χ4v) is 3.05. The molecule has 0 radical (unpaired) electrons. The van der Waals surface area contributed by atoms with E-state index in [9.17, 15) is 4.79 Å². The van der Waals surface area contributed by atoms with Gasteiger partial charge in [0.15, 0.2) is 12.4 Å². The van der Waals surface area contributed by atoms with E-state index in [1.807, 2.05) is 80.2 Å². The molecule has 3 aromatic rings. The van der Waals surface area contributed by atoms with Gasteiger partial charge in [-0.3, -0.25) is 4.79 Å². The number of aryl methyl sites for hydroxylation is 2. The van der Waals surface area contributed by atoms with Crippen LogP contribution in [0.4, 0.5) is 0 Å². The normalized spacial score (nSPS) is 10.8. The topological polar surface area (TPSA) is 25.9 Å². The minimum Gasteiger partial charge on any atom is -0.318 e. The number of aromatic nitrogens is 2. The Bertz CT molecular complexity index is 877. The lowest BCUT2D eigenvalue weighted by Crippen LogP contribution is -2.37. The summed E-state index contributed by atoms with van der Waals surface area (Å²) in [6, 6.07) is 13.6. The molecule has 3 rings (SSSR count). The summed E-state index contributed by atoms with van der Waals surface area (Å²) in [7, 11) is 0. The van der Waals surface area contributed by atoms with Crippen LogP contribution in [-0.2, 0) is 6.54 Å². The maximum atomic E-state index is 12.7. The molecule has 0 spiro atoms. The number of ketones is 1. The quantitative estimate of drug-likeness (QED) is 0.516. The van der Waals surface area contributed by atoms with Crippen molar-refractivity contribution in [3.05, 3.63) is 82.4 Å². The van der Waals surface area contributed by atoms with Gasteiger partial charge in [0.05, 0.1) is 0 Å². The van der Waals surface area contributed by atoms with Gasteiger partial charge in [0.25, 0.3) is 0 Å². The molecule has 0 bridgehead atoms. The largest absolute Gasteiger partial charge is 0.318 e. The van der Waals surface area contributed by atoms with E-state index in [1.165, 1.54) is 5.56 Å². The van der Waals surface area contributed by atoms with Gasteiger partial charge in [-0.15, -0.1) is 0 Å². The summed E-state index contributed by atoms with van der Waals surface area (Å²) in [5, 5.41) is 0.702. The van der Waals surface area contributed by atoms with Crippen molar-refractivity contribution in [2.75, 3.05) is 0 Å². The SMILES string of the molecule is Cc1cc[n+](CC(=O)c2cc(C)n(-c3ccc(Cl)cc3)c2C)cc1. The van der Waals surface area contributed by atoms with Crippen LogP contribution in [0.1, 0.15) is 27.3 Å². The Hall–Kier alpha value is -2.39. The van der Waals surface area contributed by atoms with E-state index in [0.29, 0.717) is 11.6 Å². The number of Topliss-reactive ketones (excluding diaryl/α,β-unsaturated/α-hetero) is 1. The van der Waals surface area contributed by atoms with Crippen molar-refractivity contribution in [3.63, 3.8) is 0 Å². The minimum absolute atomic E-state index is 0.108. The monoisotopic (exact) mass is 339 g/mol. The molecule has 0 saturated carbocycles. The van der Waals surface area contributed by atoms with Gasteiger partial charge < -0.3 is 4.57 Å². The van der Waals surface area contributed by atoms with Gasteiger partial charge in [0, 0.05) is 39.8 Å². The first-order chi connectivity index (χ1) is 11.5. The first-order valence-corrected chi connectivity index (χ1v) is 8.27. The third kappa shape index (κ3) is 3.26. The summed E-state index contributed by atoms with van der Waals surface area (Å²) in [4.78, 5) is 12.7. The van der Waals surface area contributed by atoms with Crippen LogP contribution in [0.2, 0.25) is 5.02 Å². The molecule has 0 amide bonds. The number of carbonyl (C=O) groups excluding carboxylic acids is 1. The Labute approximate surface area is 147 Å². The Kier molecular flexibility index (Phi) is 4.54. The fourth-order valence-electron chi connectivity index (χ4n) is 2.92. The Morgan fingerprint density at radius 1 is 1.04 bits per heavy atom. The van der Waals surface area contributed by atoms with Crippen molar-refractivity contribution in [2.24, 2.45) is 0 Å². The summed E-state index contributed by atoms with van der Waals surface area (Å²) in [5.41, 5.74) is 4.94. The Morgan fingerprint density at radius 2 is 1.67 bits per heavy atom. The molecule has 2 heterocycles. The second kappa shape index (κ2) is 6.62. The maximum Gasteiger partial charge on any atom is 0.229 e. The van der Waals surface area contributed by atoms with Gasteiger partial charge in [0.2, 0.25) is 12.3 Å². The molecule has 0 fully saturated rings. The molecule has 4 heteroatoms. The number of pyridine rings is 1. The number of halogens is 1. The van der Waals surface area contributed by atoms with Crippen LogP contribution in [0.25, 0.3) is 5.69 Å². The highest BCUT2D eigenvalue weighted by molar-refractivity contribution is 6.30. The van der Waals surface area contributed by atoms with E-state index in [4.69, 9.17) is 11.6 Å². The zero-order valence-electron chi connectivity index (χ0n) is 14.1. The highest BCUT2D eigenvalue weighted by Gasteiger charge is 2.19. The van der Waals surface area contributed by atoms with Crippen LogP contribution in [0.15, 0.2) is 54.9 Å². The van der Waals surface area contributed by atoms with E-state index in [0.717, 1.165) is 22.6 Å². The van der Waals surface area contributed by atoms with Crippen molar-refractivity contribution in [1.82, 2.24) is 4.57 Å². The molecule has 0 aliphatic heterocycles. The molecular formula is C20H20ClN2O+. The molecule has 0 aliphatic carbocycles. The molecule has 24 heavy (non-hydrogen) atoms. The zero-order valence-corrected chi connectivity index (χ0v) is 14.8. The molecule has 0 atom stereocenters. The van der Waals surface area contributed by atoms with Crippen molar-refractivity contribution < 1.29 is 9.36 Å². The molecule has 0 unspecified atom stereocenters. The zero-order chi connectivity index (χ0) is 17.3. The summed E-state index contributed by atoms with van der Waals surface area (Å²) in [6.07, 6.45) is 3.87. The lowest BCUT2D eigenvalue weighted by molar-refractivity contribution is -0.683. The van der Waals surface area contributed by atoms with Crippen molar-refractivity contribution in [1.29, 1.82) is 0 Å². The number of hydrogen-bond acceptors (Lipinski definition) is 1. The molecule has 0 saturated heterocycles. The number of hydrogen-bond donors (Lipinski definition) is 0. The molecule has 2 aromatic heterocycles. The lowest BCUT2D eigenvalue weighted by Gasteiger charge is -2.09. The van der Waals surface area contributed by atoms with E-state index in [2.05, 4.69) is 4.57 Å². The third-order valence-electron chi connectivity index (χ3n) is 4.20. The Morgan fingerprint density at radius 3 is 2.29 bits per heavy atom. The smallest absolute Gasteiger partial charge is 0.229 e. The van der Waals surface area contributed by atoms with Gasteiger partial charge in [0.1, 0.15) is 0 Å². The van der Waals surface area contributed by atoms with Crippen molar-refractivity contribution in [2.45, 2.75) is 27.3 Å². The van der Waals surface area contributed by atoms with Crippen LogP contribution in [0.3, 0.4) is 0 Å². The van der Waals surface area contributed by atoms with E-state index >= 15 is 0 Å². The summed E-state index contributed by atoms with van der Waals surface area (Å²) in [5.74, 6) is 0.108. The predicted octanol–water partition coefficient (Wildman–Crippen LogP) is 4.23. The first-order valence-electron chi connectivity index (χ1n) is 7.89. The van der Waals surface area contributed by atoms with Gasteiger partial charge in [-0.25, -0.2) is 0 Å². The summed E-state index contributed by atoms with van der Waals surface area (Å²) >= 11 is 5.97. The summed E-state index contributed by atoms with van der Waals surface area (Å²) in [6.45, 7) is 6.36. The van der Waals surface area contributed by atoms with E-state index in [1.54, 1.807) is 0 Å². The van der Waals surface area contributed by atoms with Gasteiger partial charge in [-0.2, -0.15) is 4.57 Å². The van der Waals surface area contributed by atoms with Crippen LogP contribution < -0.4 is 4.57 Å².